The van der Waals surface area contributed by atoms with Crippen molar-refractivity contribution in [3.63, 3.8) is 0 Å². The minimum Gasteiger partial charge on any atom is -0.399 e. The van der Waals surface area contributed by atoms with Crippen molar-refractivity contribution >= 4 is 34.0 Å². The zero-order chi connectivity index (χ0) is 12.4. The number of nitrogens with one attached hydrogen (secondary N) is 1. The Balaban J connectivity index is 1.88. The first-order valence-electron chi connectivity index (χ1n) is 6.08. The maximum absolute atomic E-state index is 5.74. The molecule has 1 saturated carbocycles. The third kappa shape index (κ3) is 3.48. The molecule has 1 fully saturated rings. The summed E-state index contributed by atoms with van der Waals surface area (Å²) in [5.41, 5.74) is 7.74. The molecule has 3 N–H and O–H groups in total. The standard InChI is InChI=1S/C13H20IN3/c1-9(17(2)11-4-5-11)8-16-13-6-3-10(15)7-12(13)14/h3,6-7,9,11,16H,4-5,8,15H2,1-2H3. The van der Waals surface area contributed by atoms with Gasteiger partial charge in [-0.05, 0) is 67.6 Å². The Kier molecular flexibility index (Phi) is 4.14. The number of nitrogen functional groups attached to an aromatic ring is 1. The lowest BCUT2D eigenvalue weighted by Gasteiger charge is -2.25. The zero-order valence-corrected chi connectivity index (χ0v) is 12.6. The van der Waals surface area contributed by atoms with E-state index < -0.39 is 0 Å². The van der Waals surface area contributed by atoms with Crippen LogP contribution in [0.15, 0.2) is 18.2 Å². The van der Waals surface area contributed by atoms with Gasteiger partial charge in [0.05, 0.1) is 0 Å². The number of likely N-dealkylation sites (N-methyl/N-ethyl adjacent to an activating group) is 1. The molecule has 1 aromatic carbocycles. The third-order valence-electron chi connectivity index (χ3n) is 3.40. The van der Waals surface area contributed by atoms with Crippen LogP contribution in [0.3, 0.4) is 0 Å². The first-order valence-corrected chi connectivity index (χ1v) is 7.16. The van der Waals surface area contributed by atoms with Gasteiger partial charge in [-0.15, -0.1) is 0 Å². The van der Waals surface area contributed by atoms with Crippen LogP contribution in [0, 0.1) is 3.57 Å². The topological polar surface area (TPSA) is 41.3 Å². The molecule has 0 bridgehead atoms. The fourth-order valence-electron chi connectivity index (χ4n) is 1.92. The minimum absolute atomic E-state index is 0.566. The van der Waals surface area contributed by atoms with E-state index in [0.29, 0.717) is 6.04 Å². The van der Waals surface area contributed by atoms with Crippen LogP contribution in [0.1, 0.15) is 19.8 Å². The monoisotopic (exact) mass is 345 g/mol. The number of hydrogen-bond donors (Lipinski definition) is 2. The van der Waals surface area contributed by atoms with Crippen LogP contribution in [0.25, 0.3) is 0 Å². The first-order chi connectivity index (χ1) is 8.08. The van der Waals surface area contributed by atoms with E-state index >= 15 is 0 Å². The Morgan fingerprint density at radius 2 is 2.24 bits per heavy atom. The molecule has 17 heavy (non-hydrogen) atoms. The van der Waals surface area contributed by atoms with Crippen molar-refractivity contribution in [3.05, 3.63) is 21.8 Å². The van der Waals surface area contributed by atoms with Gasteiger partial charge in [0.25, 0.3) is 0 Å². The summed E-state index contributed by atoms with van der Waals surface area (Å²) < 4.78 is 1.18. The maximum Gasteiger partial charge on any atom is 0.0477 e. The van der Waals surface area contributed by atoms with Gasteiger partial charge in [-0.3, -0.25) is 4.90 Å². The summed E-state index contributed by atoms with van der Waals surface area (Å²) in [4.78, 5) is 2.47. The van der Waals surface area contributed by atoms with E-state index in [9.17, 15) is 0 Å². The Morgan fingerprint density at radius 1 is 1.53 bits per heavy atom. The van der Waals surface area contributed by atoms with Crippen LogP contribution in [0.2, 0.25) is 0 Å². The van der Waals surface area contributed by atoms with Gasteiger partial charge in [0, 0.05) is 33.6 Å². The van der Waals surface area contributed by atoms with Crippen LogP contribution in [-0.2, 0) is 0 Å². The second-order valence-electron chi connectivity index (χ2n) is 4.87. The molecule has 0 heterocycles. The average Bonchev–Trinajstić information content (AvgIpc) is 3.10. The van der Waals surface area contributed by atoms with Crippen LogP contribution in [-0.4, -0.2) is 30.6 Å². The number of anilines is 2. The number of hydrogen-bond acceptors (Lipinski definition) is 3. The molecular weight excluding hydrogens is 325 g/mol. The molecule has 94 valence electrons. The highest BCUT2D eigenvalue weighted by Crippen LogP contribution is 2.27. The highest BCUT2D eigenvalue weighted by molar-refractivity contribution is 14.1. The summed E-state index contributed by atoms with van der Waals surface area (Å²) in [5, 5.41) is 3.50. The molecule has 1 aliphatic carbocycles. The molecule has 2 rings (SSSR count). The number of halogens is 1. The van der Waals surface area contributed by atoms with Crippen LogP contribution >= 0.6 is 22.6 Å². The molecule has 3 nitrogen and oxygen atoms in total. The smallest absolute Gasteiger partial charge is 0.0477 e. The Labute approximate surface area is 117 Å². The summed E-state index contributed by atoms with van der Waals surface area (Å²) >= 11 is 2.32. The quantitative estimate of drug-likeness (QED) is 0.637. The summed E-state index contributed by atoms with van der Waals surface area (Å²) in [6.45, 7) is 3.25. The van der Waals surface area contributed by atoms with Crippen molar-refractivity contribution in [3.8, 4) is 0 Å². The van der Waals surface area contributed by atoms with Crippen molar-refractivity contribution in [1.29, 1.82) is 0 Å². The normalized spacial score (nSPS) is 17.2. The van der Waals surface area contributed by atoms with Crippen molar-refractivity contribution in [1.82, 2.24) is 4.90 Å². The summed E-state index contributed by atoms with van der Waals surface area (Å²) in [6.07, 6.45) is 2.72. The van der Waals surface area contributed by atoms with E-state index in [1.807, 2.05) is 12.1 Å². The molecule has 4 heteroatoms. The average molecular weight is 345 g/mol. The molecule has 0 aromatic heterocycles. The fraction of sp³-hybridized carbons (Fsp3) is 0.538. The lowest BCUT2D eigenvalue weighted by Crippen LogP contribution is -2.36. The molecular formula is C13H20IN3. The Morgan fingerprint density at radius 3 is 2.82 bits per heavy atom. The van der Waals surface area contributed by atoms with E-state index in [2.05, 4.69) is 52.8 Å². The number of rotatable bonds is 5. The van der Waals surface area contributed by atoms with Gasteiger partial charge in [0.2, 0.25) is 0 Å². The Bertz CT molecular complexity index is 390. The second-order valence-corrected chi connectivity index (χ2v) is 6.03. The van der Waals surface area contributed by atoms with E-state index in [4.69, 9.17) is 5.73 Å². The molecule has 1 aliphatic rings. The lowest BCUT2D eigenvalue weighted by molar-refractivity contribution is 0.257. The van der Waals surface area contributed by atoms with Gasteiger partial charge in [0.15, 0.2) is 0 Å². The molecule has 0 aliphatic heterocycles. The minimum atomic E-state index is 0.566. The van der Waals surface area contributed by atoms with Gasteiger partial charge in [-0.25, -0.2) is 0 Å². The van der Waals surface area contributed by atoms with Gasteiger partial charge in [-0.2, -0.15) is 0 Å². The number of nitrogens with two attached hydrogens (primary N) is 1. The molecule has 1 aromatic rings. The van der Waals surface area contributed by atoms with Crippen molar-refractivity contribution in [2.75, 3.05) is 24.6 Å². The molecule has 0 spiro atoms. The van der Waals surface area contributed by atoms with Crippen molar-refractivity contribution in [2.24, 2.45) is 0 Å². The van der Waals surface area contributed by atoms with Crippen LogP contribution in [0.4, 0.5) is 11.4 Å². The third-order valence-corrected chi connectivity index (χ3v) is 4.29. The zero-order valence-electron chi connectivity index (χ0n) is 10.4. The van der Waals surface area contributed by atoms with E-state index in [1.54, 1.807) is 0 Å². The van der Waals surface area contributed by atoms with E-state index in [1.165, 1.54) is 22.1 Å². The predicted molar refractivity (Wildman–Crippen MR) is 82.3 cm³/mol. The summed E-state index contributed by atoms with van der Waals surface area (Å²) in [5.74, 6) is 0. The molecule has 0 amide bonds. The summed E-state index contributed by atoms with van der Waals surface area (Å²) in [7, 11) is 2.22. The van der Waals surface area contributed by atoms with E-state index in [0.717, 1.165) is 18.3 Å². The largest absolute Gasteiger partial charge is 0.399 e. The van der Waals surface area contributed by atoms with Gasteiger partial charge >= 0.3 is 0 Å². The van der Waals surface area contributed by atoms with Crippen LogP contribution < -0.4 is 11.1 Å². The summed E-state index contributed by atoms with van der Waals surface area (Å²) in [6, 6.07) is 7.38. The van der Waals surface area contributed by atoms with Crippen molar-refractivity contribution in [2.45, 2.75) is 31.8 Å². The fourth-order valence-corrected chi connectivity index (χ4v) is 2.65. The Hall–Kier alpha value is -0.490. The molecule has 0 saturated heterocycles. The maximum atomic E-state index is 5.74. The van der Waals surface area contributed by atoms with E-state index in [-0.39, 0.29) is 0 Å². The predicted octanol–water partition coefficient (Wildman–Crippen LogP) is 2.77. The first kappa shape index (κ1) is 13.0. The molecule has 0 radical (unpaired) electrons. The van der Waals surface area contributed by atoms with Gasteiger partial charge in [0.1, 0.15) is 0 Å². The van der Waals surface area contributed by atoms with Gasteiger partial charge in [-0.1, -0.05) is 0 Å². The highest BCUT2D eigenvalue weighted by Gasteiger charge is 2.28. The molecule has 1 atom stereocenters. The number of benzene rings is 1. The second kappa shape index (κ2) is 5.44. The van der Waals surface area contributed by atoms with Crippen molar-refractivity contribution < 1.29 is 0 Å². The molecule has 1 unspecified atom stereocenters. The SMILES string of the molecule is CC(CNc1ccc(N)cc1I)N(C)C1CC1. The van der Waals surface area contributed by atoms with Gasteiger partial charge < -0.3 is 11.1 Å². The number of nitrogens with zero attached hydrogens (tertiary/aromatic N) is 1. The lowest BCUT2D eigenvalue weighted by atomic mass is 10.2. The van der Waals surface area contributed by atoms with Crippen LogP contribution in [0.5, 0.6) is 0 Å². The highest BCUT2D eigenvalue weighted by atomic mass is 127.